The molecule has 0 amide bonds. The second-order valence-corrected chi connectivity index (χ2v) is 8.54. The van der Waals surface area contributed by atoms with Gasteiger partial charge in [-0.3, -0.25) is 0 Å². The van der Waals surface area contributed by atoms with Crippen LogP contribution in [-0.2, 0) is 10.0 Å². The average Bonchev–Trinajstić information content (AvgIpc) is 3.13. The maximum Gasteiger partial charge on any atom is 0.337 e. The molecule has 4 rings (SSSR count). The lowest BCUT2D eigenvalue weighted by molar-refractivity contribution is 0.0692. The van der Waals surface area contributed by atoms with E-state index < -0.39 is 16.0 Å². The lowest BCUT2D eigenvalue weighted by Crippen LogP contribution is -2.39. The van der Waals surface area contributed by atoms with E-state index in [9.17, 15) is 18.3 Å². The van der Waals surface area contributed by atoms with Gasteiger partial charge in [0.2, 0.25) is 10.0 Å². The van der Waals surface area contributed by atoms with Gasteiger partial charge in [-0.15, -0.1) is 0 Å². The number of hydrogen-bond acceptors (Lipinski definition) is 4. The van der Waals surface area contributed by atoms with Gasteiger partial charge in [0.15, 0.2) is 0 Å². The molecule has 0 radical (unpaired) electrons. The molecule has 0 saturated heterocycles. The Kier molecular flexibility index (Phi) is 3.22. The van der Waals surface area contributed by atoms with E-state index in [1.807, 2.05) is 0 Å². The quantitative estimate of drug-likeness (QED) is 0.853. The molecular formula is C16H19NO5S. The molecule has 3 aliphatic rings. The number of ether oxygens (including phenoxy) is 1. The molecule has 3 fully saturated rings. The van der Waals surface area contributed by atoms with Gasteiger partial charge in [-0.1, -0.05) is 0 Å². The van der Waals surface area contributed by atoms with Crippen LogP contribution in [-0.4, -0.2) is 32.6 Å². The molecule has 0 heterocycles. The van der Waals surface area contributed by atoms with E-state index in [1.54, 1.807) is 0 Å². The number of carboxylic acids is 1. The molecule has 0 spiro atoms. The fourth-order valence-corrected chi connectivity index (χ4v) is 6.14. The first-order chi connectivity index (χ1) is 10.9. The van der Waals surface area contributed by atoms with E-state index >= 15 is 0 Å². The highest BCUT2D eigenvalue weighted by atomic mass is 32.2. The lowest BCUT2D eigenvalue weighted by atomic mass is 9.96. The molecule has 1 aromatic rings. The number of hydrogen-bond donors (Lipinski definition) is 2. The monoisotopic (exact) mass is 337 g/mol. The number of nitrogens with one attached hydrogen (secondary N) is 1. The summed E-state index contributed by atoms with van der Waals surface area (Å²) < 4.78 is 33.3. The molecule has 2 N–H and O–H groups in total. The van der Waals surface area contributed by atoms with E-state index in [-0.39, 0.29) is 16.5 Å². The molecule has 3 aliphatic carbocycles. The van der Waals surface area contributed by atoms with Crippen molar-refractivity contribution in [3.05, 3.63) is 23.8 Å². The summed E-state index contributed by atoms with van der Waals surface area (Å²) in [4.78, 5) is 11.1. The van der Waals surface area contributed by atoms with Gasteiger partial charge < -0.3 is 9.84 Å². The summed E-state index contributed by atoms with van der Waals surface area (Å²) in [5.74, 6) is 1.60. The molecule has 0 aromatic heterocycles. The van der Waals surface area contributed by atoms with Gasteiger partial charge >= 0.3 is 5.97 Å². The third-order valence-electron chi connectivity index (χ3n) is 5.71. The molecular weight excluding hydrogens is 318 g/mol. The average molecular weight is 337 g/mol. The first kappa shape index (κ1) is 15.0. The second kappa shape index (κ2) is 4.95. The number of benzene rings is 1. The summed E-state index contributed by atoms with van der Waals surface area (Å²) >= 11 is 0. The van der Waals surface area contributed by atoms with Crippen molar-refractivity contribution in [2.75, 3.05) is 7.11 Å². The van der Waals surface area contributed by atoms with Crippen molar-refractivity contribution in [3.8, 4) is 5.75 Å². The van der Waals surface area contributed by atoms with Crippen molar-refractivity contribution in [2.45, 2.75) is 30.2 Å². The van der Waals surface area contributed by atoms with Gasteiger partial charge in [0.05, 0.1) is 12.7 Å². The number of carbonyl (C=O) groups is 1. The predicted molar refractivity (Wildman–Crippen MR) is 81.9 cm³/mol. The lowest BCUT2D eigenvalue weighted by Gasteiger charge is -2.23. The third kappa shape index (κ3) is 2.33. The van der Waals surface area contributed by atoms with Gasteiger partial charge in [-0.25, -0.2) is 17.9 Å². The summed E-state index contributed by atoms with van der Waals surface area (Å²) in [6, 6.07) is 3.93. The van der Waals surface area contributed by atoms with Crippen molar-refractivity contribution in [1.82, 2.24) is 4.72 Å². The highest BCUT2D eigenvalue weighted by Gasteiger charge is 2.61. The van der Waals surface area contributed by atoms with Gasteiger partial charge in [0.25, 0.3) is 0 Å². The summed E-state index contributed by atoms with van der Waals surface area (Å²) in [6.07, 6.45) is 3.21. The van der Waals surface area contributed by atoms with Crippen LogP contribution in [0.3, 0.4) is 0 Å². The fraction of sp³-hybridized carbons (Fsp3) is 0.562. The number of sulfonamides is 1. The Morgan fingerprint density at radius 2 is 2.00 bits per heavy atom. The Morgan fingerprint density at radius 3 is 2.61 bits per heavy atom. The van der Waals surface area contributed by atoms with E-state index in [0.29, 0.717) is 23.5 Å². The van der Waals surface area contributed by atoms with Gasteiger partial charge in [-0.05, 0) is 55.1 Å². The number of fused-ring (bicyclic) bond motifs is 5. The largest absolute Gasteiger partial charge is 0.497 e. The Balaban J connectivity index is 1.64. The van der Waals surface area contributed by atoms with Crippen LogP contribution in [0.25, 0.3) is 0 Å². The topological polar surface area (TPSA) is 92.7 Å². The number of methoxy groups -OCH3 is 1. The molecule has 2 bridgehead atoms. The molecule has 3 saturated carbocycles. The van der Waals surface area contributed by atoms with Crippen LogP contribution in [0.15, 0.2) is 23.1 Å². The highest BCUT2D eigenvalue weighted by Crippen LogP contribution is 2.65. The zero-order valence-electron chi connectivity index (χ0n) is 12.7. The molecule has 6 nitrogen and oxygen atoms in total. The van der Waals surface area contributed by atoms with Crippen LogP contribution >= 0.6 is 0 Å². The van der Waals surface area contributed by atoms with E-state index in [0.717, 1.165) is 18.8 Å². The van der Waals surface area contributed by atoms with E-state index in [2.05, 4.69) is 4.72 Å². The Bertz CT molecular complexity index is 775. The summed E-state index contributed by atoms with van der Waals surface area (Å²) in [5.41, 5.74) is -0.231. The zero-order chi connectivity index (χ0) is 16.4. The number of carboxylic acid groups (broad SMARTS) is 1. The van der Waals surface area contributed by atoms with Crippen LogP contribution < -0.4 is 9.46 Å². The third-order valence-corrected chi connectivity index (χ3v) is 7.24. The van der Waals surface area contributed by atoms with E-state index in [1.165, 1.54) is 31.7 Å². The minimum atomic E-state index is -3.89. The first-order valence-corrected chi connectivity index (χ1v) is 9.32. The molecule has 7 heteroatoms. The Labute approximate surface area is 134 Å². The summed E-state index contributed by atoms with van der Waals surface area (Å²) in [5, 5.41) is 9.27. The predicted octanol–water partition coefficient (Wildman–Crippen LogP) is 1.72. The molecule has 5 atom stereocenters. The first-order valence-electron chi connectivity index (χ1n) is 7.84. The zero-order valence-corrected chi connectivity index (χ0v) is 13.5. The molecule has 23 heavy (non-hydrogen) atoms. The van der Waals surface area contributed by atoms with Crippen LogP contribution in [0.2, 0.25) is 0 Å². The van der Waals surface area contributed by atoms with Crippen molar-refractivity contribution in [1.29, 1.82) is 0 Å². The normalized spacial score (nSPS) is 34.2. The van der Waals surface area contributed by atoms with Crippen molar-refractivity contribution in [3.63, 3.8) is 0 Å². The van der Waals surface area contributed by atoms with Crippen LogP contribution in [0.4, 0.5) is 0 Å². The maximum absolute atomic E-state index is 12.7. The molecule has 5 unspecified atom stereocenters. The van der Waals surface area contributed by atoms with Crippen LogP contribution in [0, 0.1) is 23.7 Å². The standard InChI is InChI=1S/C16H19NO5S/c1-22-9-2-3-10(16(18)19)15(6-9)23(20,21)17-14-5-8-4-13(14)12-7-11(8)12/h2-3,6,8,11-14,17H,4-5,7H2,1H3,(H,18,19). The van der Waals surface area contributed by atoms with Gasteiger partial charge in [-0.2, -0.15) is 0 Å². The minimum Gasteiger partial charge on any atom is -0.497 e. The molecule has 1 aromatic carbocycles. The van der Waals surface area contributed by atoms with Crippen LogP contribution in [0.1, 0.15) is 29.6 Å². The highest BCUT2D eigenvalue weighted by molar-refractivity contribution is 7.89. The fourth-order valence-electron chi connectivity index (χ4n) is 4.63. The second-order valence-electron chi connectivity index (χ2n) is 6.85. The van der Waals surface area contributed by atoms with Gasteiger partial charge in [0.1, 0.15) is 10.6 Å². The minimum absolute atomic E-state index is 0.0680. The van der Waals surface area contributed by atoms with Crippen molar-refractivity contribution < 1.29 is 23.1 Å². The van der Waals surface area contributed by atoms with E-state index in [4.69, 9.17) is 4.74 Å². The number of rotatable bonds is 5. The smallest absolute Gasteiger partial charge is 0.337 e. The Morgan fingerprint density at radius 1 is 1.22 bits per heavy atom. The van der Waals surface area contributed by atoms with Crippen molar-refractivity contribution >= 4 is 16.0 Å². The SMILES string of the molecule is COc1ccc(C(=O)O)c(S(=O)(=O)NC2CC3CC2C2CC32)c1. The van der Waals surface area contributed by atoms with Gasteiger partial charge in [0, 0.05) is 12.1 Å². The summed E-state index contributed by atoms with van der Waals surface area (Å²) in [7, 11) is -2.47. The van der Waals surface area contributed by atoms with Crippen molar-refractivity contribution in [2.24, 2.45) is 23.7 Å². The van der Waals surface area contributed by atoms with Crippen LogP contribution in [0.5, 0.6) is 5.75 Å². The maximum atomic E-state index is 12.7. The number of aromatic carboxylic acids is 1. The molecule has 124 valence electrons. The Hall–Kier alpha value is -1.60. The molecule has 0 aliphatic heterocycles. The summed E-state index contributed by atoms with van der Waals surface area (Å²) in [6.45, 7) is 0.